The van der Waals surface area contributed by atoms with Crippen molar-refractivity contribution in [3.05, 3.63) is 27.8 Å². The van der Waals surface area contributed by atoms with E-state index in [4.69, 9.17) is 15.2 Å². The number of halogens is 1. The average molecular weight is 346 g/mol. The van der Waals surface area contributed by atoms with E-state index in [0.717, 1.165) is 19.5 Å². The topological polar surface area (TPSA) is 90.9 Å². The Hall–Kier alpha value is -1.57. The van der Waals surface area contributed by atoms with Crippen molar-refractivity contribution in [2.75, 3.05) is 33.9 Å². The van der Waals surface area contributed by atoms with E-state index in [1.807, 2.05) is 0 Å². The maximum atomic E-state index is 11.3. The molecule has 1 aliphatic rings. The second-order valence-corrected chi connectivity index (χ2v) is 6.07. The molecular weight excluding hydrogens is 322 g/mol. The van der Waals surface area contributed by atoms with Crippen LogP contribution >= 0.6 is 12.4 Å². The average Bonchev–Trinajstić information content (AvgIpc) is 2.88. The lowest BCUT2D eigenvalue weighted by molar-refractivity contribution is -0.385. The number of nitrogens with zero attached hydrogens (tertiary/aromatic N) is 2. The minimum atomic E-state index is -0.379. The molecule has 8 heteroatoms. The Morgan fingerprint density at radius 1 is 1.35 bits per heavy atom. The van der Waals surface area contributed by atoms with Gasteiger partial charge in [0.1, 0.15) is 0 Å². The molecule has 1 fully saturated rings. The van der Waals surface area contributed by atoms with Crippen molar-refractivity contribution in [1.82, 2.24) is 4.90 Å². The summed E-state index contributed by atoms with van der Waals surface area (Å²) in [7, 11) is 2.99. The van der Waals surface area contributed by atoms with Gasteiger partial charge in [-0.25, -0.2) is 0 Å². The molecule has 0 saturated carbocycles. The number of rotatable bonds is 6. The normalized spacial score (nSPS) is 20.9. The molecule has 0 radical (unpaired) electrons. The Morgan fingerprint density at radius 3 is 2.43 bits per heavy atom. The highest BCUT2D eigenvalue weighted by Crippen LogP contribution is 2.36. The Bertz CT molecular complexity index is 570. The van der Waals surface area contributed by atoms with Gasteiger partial charge in [-0.2, -0.15) is 0 Å². The lowest BCUT2D eigenvalue weighted by Gasteiger charge is -2.22. The fourth-order valence-electron chi connectivity index (χ4n) is 2.88. The summed E-state index contributed by atoms with van der Waals surface area (Å²) in [6.07, 6.45) is 1.00. The van der Waals surface area contributed by atoms with E-state index in [1.165, 1.54) is 20.3 Å². The number of benzene rings is 1. The van der Waals surface area contributed by atoms with E-state index >= 15 is 0 Å². The van der Waals surface area contributed by atoms with Crippen LogP contribution in [0.4, 0.5) is 5.69 Å². The van der Waals surface area contributed by atoms with Crippen LogP contribution in [0, 0.1) is 15.5 Å². The Kier molecular flexibility index (Phi) is 6.61. The molecule has 7 nitrogen and oxygen atoms in total. The molecule has 0 amide bonds. The summed E-state index contributed by atoms with van der Waals surface area (Å²) in [5, 5.41) is 11.3. The van der Waals surface area contributed by atoms with Crippen LogP contribution in [0.5, 0.6) is 11.5 Å². The number of ether oxygens (including phenoxy) is 2. The Morgan fingerprint density at radius 2 is 1.96 bits per heavy atom. The highest BCUT2D eigenvalue weighted by atomic mass is 35.5. The zero-order chi connectivity index (χ0) is 16.3. The van der Waals surface area contributed by atoms with Gasteiger partial charge >= 0.3 is 0 Å². The third kappa shape index (κ3) is 4.25. The quantitative estimate of drug-likeness (QED) is 0.628. The zero-order valence-corrected chi connectivity index (χ0v) is 14.5. The predicted octanol–water partition coefficient (Wildman–Crippen LogP) is 2.20. The molecule has 0 bridgehead atoms. The van der Waals surface area contributed by atoms with Gasteiger partial charge in [-0.15, -0.1) is 12.4 Å². The van der Waals surface area contributed by atoms with Crippen molar-refractivity contribution in [3.63, 3.8) is 0 Å². The number of methoxy groups -OCH3 is 2. The highest BCUT2D eigenvalue weighted by Gasteiger charge is 2.33. The second-order valence-electron chi connectivity index (χ2n) is 6.07. The van der Waals surface area contributed by atoms with Crippen LogP contribution in [0.25, 0.3) is 0 Å². The molecule has 2 N–H and O–H groups in total. The molecule has 1 unspecified atom stereocenters. The number of hydrogen-bond donors (Lipinski definition) is 1. The van der Waals surface area contributed by atoms with Crippen molar-refractivity contribution in [3.8, 4) is 11.5 Å². The monoisotopic (exact) mass is 345 g/mol. The summed E-state index contributed by atoms with van der Waals surface area (Å²) in [5.41, 5.74) is 6.59. The van der Waals surface area contributed by atoms with Crippen molar-refractivity contribution in [2.24, 2.45) is 11.1 Å². The predicted molar refractivity (Wildman–Crippen MR) is 90.5 cm³/mol. The molecule has 1 aromatic rings. The van der Waals surface area contributed by atoms with Gasteiger partial charge in [0.05, 0.1) is 25.2 Å². The third-order valence-corrected chi connectivity index (χ3v) is 4.31. The summed E-state index contributed by atoms with van der Waals surface area (Å²) in [5.74, 6) is 0.870. The van der Waals surface area contributed by atoms with Gasteiger partial charge in [-0.1, -0.05) is 6.92 Å². The number of nitrogens with two attached hydrogens (primary N) is 1. The summed E-state index contributed by atoms with van der Waals surface area (Å²) in [6.45, 7) is 5.01. The minimum absolute atomic E-state index is 0. The van der Waals surface area contributed by atoms with Crippen LogP contribution in [0.2, 0.25) is 0 Å². The van der Waals surface area contributed by atoms with Gasteiger partial charge in [0, 0.05) is 18.7 Å². The first kappa shape index (κ1) is 19.5. The van der Waals surface area contributed by atoms with E-state index in [2.05, 4.69) is 11.8 Å². The van der Waals surface area contributed by atoms with Crippen molar-refractivity contribution >= 4 is 18.1 Å². The molecular formula is C15H24ClN3O4. The van der Waals surface area contributed by atoms with E-state index in [-0.39, 0.29) is 28.4 Å². The molecule has 0 aromatic heterocycles. The number of nitro groups is 1. The first-order valence-corrected chi connectivity index (χ1v) is 7.24. The van der Waals surface area contributed by atoms with E-state index < -0.39 is 0 Å². The smallest absolute Gasteiger partial charge is 0.277 e. The van der Waals surface area contributed by atoms with E-state index in [0.29, 0.717) is 30.2 Å². The summed E-state index contributed by atoms with van der Waals surface area (Å²) in [6, 6.07) is 3.11. The first-order valence-electron chi connectivity index (χ1n) is 7.24. The largest absolute Gasteiger partial charge is 0.493 e. The number of likely N-dealkylation sites (tertiary alicyclic amines) is 1. The highest BCUT2D eigenvalue weighted by molar-refractivity contribution is 5.85. The lowest BCUT2D eigenvalue weighted by atomic mass is 9.90. The Balaban J connectivity index is 0.00000264. The van der Waals surface area contributed by atoms with Crippen molar-refractivity contribution in [1.29, 1.82) is 0 Å². The van der Waals surface area contributed by atoms with Crippen LogP contribution in [0.15, 0.2) is 12.1 Å². The van der Waals surface area contributed by atoms with Crippen LogP contribution < -0.4 is 15.2 Å². The standard InChI is InChI=1S/C15H23N3O4.ClH/c1-15(9-16)4-5-17(10-15)8-11-6-13(21-2)14(22-3)7-12(11)18(19)20;/h6-7H,4-5,8-10,16H2,1-3H3;1H. The summed E-state index contributed by atoms with van der Waals surface area (Å²) in [4.78, 5) is 13.1. The molecule has 1 aromatic carbocycles. The summed E-state index contributed by atoms with van der Waals surface area (Å²) < 4.78 is 10.4. The molecule has 1 saturated heterocycles. The summed E-state index contributed by atoms with van der Waals surface area (Å²) >= 11 is 0. The molecule has 1 atom stereocenters. The van der Waals surface area contributed by atoms with Gasteiger partial charge in [-0.3, -0.25) is 15.0 Å². The van der Waals surface area contributed by atoms with Crippen LogP contribution in [-0.4, -0.2) is 43.7 Å². The molecule has 130 valence electrons. The van der Waals surface area contributed by atoms with Crippen LogP contribution in [-0.2, 0) is 6.54 Å². The van der Waals surface area contributed by atoms with Crippen LogP contribution in [0.3, 0.4) is 0 Å². The second kappa shape index (κ2) is 7.81. The van der Waals surface area contributed by atoms with Crippen molar-refractivity contribution < 1.29 is 14.4 Å². The van der Waals surface area contributed by atoms with E-state index in [1.54, 1.807) is 6.07 Å². The zero-order valence-electron chi connectivity index (χ0n) is 13.7. The van der Waals surface area contributed by atoms with Gasteiger partial charge in [0.25, 0.3) is 5.69 Å². The minimum Gasteiger partial charge on any atom is -0.493 e. The van der Waals surface area contributed by atoms with E-state index in [9.17, 15) is 10.1 Å². The molecule has 1 heterocycles. The van der Waals surface area contributed by atoms with Gasteiger partial charge in [0.2, 0.25) is 0 Å². The molecule has 1 aliphatic heterocycles. The Labute approximate surface area is 142 Å². The molecule has 23 heavy (non-hydrogen) atoms. The maximum absolute atomic E-state index is 11.3. The number of hydrogen-bond acceptors (Lipinski definition) is 6. The SMILES string of the molecule is COc1cc(CN2CCC(C)(CN)C2)c([N+](=O)[O-])cc1OC.Cl. The fourth-order valence-corrected chi connectivity index (χ4v) is 2.88. The van der Waals surface area contributed by atoms with Gasteiger partial charge in [-0.05, 0) is 31.0 Å². The first-order chi connectivity index (χ1) is 10.4. The number of nitro benzene ring substituents is 1. The van der Waals surface area contributed by atoms with Crippen LogP contribution in [0.1, 0.15) is 18.9 Å². The molecule has 0 aliphatic carbocycles. The van der Waals surface area contributed by atoms with Gasteiger partial charge in [0.15, 0.2) is 11.5 Å². The fraction of sp³-hybridized carbons (Fsp3) is 0.600. The van der Waals surface area contributed by atoms with Crippen molar-refractivity contribution in [2.45, 2.75) is 19.9 Å². The maximum Gasteiger partial charge on any atom is 0.277 e. The van der Waals surface area contributed by atoms with Gasteiger partial charge < -0.3 is 15.2 Å². The molecule has 2 rings (SSSR count). The third-order valence-electron chi connectivity index (χ3n) is 4.31. The molecule has 0 spiro atoms. The lowest BCUT2D eigenvalue weighted by Crippen LogP contribution is -2.31.